The third kappa shape index (κ3) is 3.63. The predicted molar refractivity (Wildman–Crippen MR) is 95.3 cm³/mol. The number of nitrogens with zero attached hydrogens (tertiary/aromatic N) is 2. The zero-order chi connectivity index (χ0) is 16.9. The monoisotopic (exact) mass is 323 g/mol. The predicted octanol–water partition coefficient (Wildman–Crippen LogP) is 2.99. The summed E-state index contributed by atoms with van der Waals surface area (Å²) in [5.41, 5.74) is 0.619. The van der Waals surface area contributed by atoms with E-state index in [0.29, 0.717) is 17.8 Å². The lowest BCUT2D eigenvalue weighted by molar-refractivity contribution is 0.196. The summed E-state index contributed by atoms with van der Waals surface area (Å²) in [5, 5.41) is 0.614. The van der Waals surface area contributed by atoms with Crippen molar-refractivity contribution in [2.24, 2.45) is 0 Å². The Labute approximate surface area is 140 Å². The number of aromatic nitrogens is 2. The van der Waals surface area contributed by atoms with E-state index in [-0.39, 0.29) is 11.6 Å². The van der Waals surface area contributed by atoms with Crippen LogP contribution in [0.1, 0.15) is 18.8 Å². The number of nitrogens with one attached hydrogen (secondary N) is 1. The van der Waals surface area contributed by atoms with Crippen molar-refractivity contribution < 1.29 is 4.74 Å². The molecule has 0 fully saturated rings. The molecule has 1 aromatic heterocycles. The van der Waals surface area contributed by atoms with Crippen LogP contribution in [-0.2, 0) is 0 Å². The molecular weight excluding hydrogens is 302 g/mol. The van der Waals surface area contributed by atoms with Gasteiger partial charge in [0.25, 0.3) is 5.56 Å². The summed E-state index contributed by atoms with van der Waals surface area (Å²) in [6.07, 6.45) is 0. The minimum atomic E-state index is -0.101. The van der Waals surface area contributed by atoms with Gasteiger partial charge in [0.1, 0.15) is 18.2 Å². The number of ether oxygens (including phenoxy) is 1. The molecule has 0 radical (unpaired) electrons. The van der Waals surface area contributed by atoms with Gasteiger partial charge in [0, 0.05) is 6.54 Å². The van der Waals surface area contributed by atoms with E-state index in [1.807, 2.05) is 62.5 Å². The molecule has 2 aromatic carbocycles. The van der Waals surface area contributed by atoms with Gasteiger partial charge in [0.15, 0.2) is 0 Å². The first-order chi connectivity index (χ1) is 11.6. The summed E-state index contributed by atoms with van der Waals surface area (Å²) < 4.78 is 5.72. The smallest absolute Gasteiger partial charge is 0.258 e. The maximum atomic E-state index is 12.2. The molecule has 0 unspecified atom stereocenters. The fraction of sp³-hybridized carbons (Fsp3) is 0.263. The van der Waals surface area contributed by atoms with Gasteiger partial charge in [-0.1, -0.05) is 30.3 Å². The minimum absolute atomic E-state index is 0.0123. The Morgan fingerprint density at radius 3 is 2.62 bits per heavy atom. The van der Waals surface area contributed by atoms with E-state index >= 15 is 0 Å². The normalized spacial score (nSPS) is 12.5. The van der Waals surface area contributed by atoms with Crippen molar-refractivity contribution in [2.75, 3.05) is 20.2 Å². The molecule has 0 aliphatic heterocycles. The Kier molecular flexibility index (Phi) is 4.91. The van der Waals surface area contributed by atoms with Crippen molar-refractivity contribution in [3.63, 3.8) is 0 Å². The van der Waals surface area contributed by atoms with Gasteiger partial charge < -0.3 is 9.72 Å². The van der Waals surface area contributed by atoms with E-state index in [1.54, 1.807) is 6.07 Å². The second-order valence-corrected chi connectivity index (χ2v) is 5.79. The van der Waals surface area contributed by atoms with Gasteiger partial charge in [0.05, 0.1) is 16.9 Å². The Morgan fingerprint density at radius 1 is 1.12 bits per heavy atom. The lowest BCUT2D eigenvalue weighted by atomic mass is 10.2. The summed E-state index contributed by atoms with van der Waals surface area (Å²) in [7, 11) is 1.99. The van der Waals surface area contributed by atoms with E-state index < -0.39 is 0 Å². The molecule has 0 aliphatic carbocycles. The summed E-state index contributed by atoms with van der Waals surface area (Å²) >= 11 is 0. The molecule has 1 heterocycles. The summed E-state index contributed by atoms with van der Waals surface area (Å²) in [5.74, 6) is 1.52. The molecule has 0 amide bonds. The molecule has 0 aliphatic rings. The Morgan fingerprint density at radius 2 is 1.83 bits per heavy atom. The number of rotatable bonds is 6. The van der Waals surface area contributed by atoms with Crippen LogP contribution in [0.25, 0.3) is 10.9 Å². The second-order valence-electron chi connectivity index (χ2n) is 5.79. The summed E-state index contributed by atoms with van der Waals surface area (Å²) in [6, 6.07) is 17.1. The van der Waals surface area contributed by atoms with Crippen LogP contribution in [0.2, 0.25) is 0 Å². The number of hydrogen-bond donors (Lipinski definition) is 1. The van der Waals surface area contributed by atoms with Crippen LogP contribution in [-0.4, -0.2) is 35.1 Å². The van der Waals surface area contributed by atoms with E-state index in [4.69, 9.17) is 4.74 Å². The molecule has 0 bridgehead atoms. The van der Waals surface area contributed by atoms with Crippen molar-refractivity contribution in [2.45, 2.75) is 13.0 Å². The minimum Gasteiger partial charge on any atom is -0.492 e. The maximum absolute atomic E-state index is 12.2. The van der Waals surface area contributed by atoms with Crippen LogP contribution < -0.4 is 10.3 Å². The highest BCUT2D eigenvalue weighted by molar-refractivity contribution is 5.77. The molecular formula is C19H21N3O2. The first-order valence-electron chi connectivity index (χ1n) is 8.02. The third-order valence-corrected chi connectivity index (χ3v) is 4.14. The topological polar surface area (TPSA) is 58.2 Å². The highest BCUT2D eigenvalue weighted by Gasteiger charge is 2.15. The van der Waals surface area contributed by atoms with Gasteiger partial charge in [-0.25, -0.2) is 4.98 Å². The molecule has 124 valence electrons. The largest absolute Gasteiger partial charge is 0.492 e. The molecule has 5 heteroatoms. The molecule has 1 N–H and O–H groups in total. The second kappa shape index (κ2) is 7.27. The van der Waals surface area contributed by atoms with Gasteiger partial charge in [-0.2, -0.15) is 0 Å². The summed E-state index contributed by atoms with van der Waals surface area (Å²) in [4.78, 5) is 21.8. The lowest BCUT2D eigenvalue weighted by Crippen LogP contribution is -2.29. The van der Waals surface area contributed by atoms with Crippen molar-refractivity contribution >= 4 is 10.9 Å². The van der Waals surface area contributed by atoms with Crippen LogP contribution >= 0.6 is 0 Å². The standard InChI is InChI=1S/C19H21N3O2/c1-14(22(2)12-13-24-15-8-4-3-5-9-15)18-20-17-11-7-6-10-16(17)19(23)21-18/h3-11,14H,12-13H2,1-2H3,(H,20,21,23)/t14-/m0/s1. The van der Waals surface area contributed by atoms with Crippen LogP contribution in [0.15, 0.2) is 59.4 Å². The van der Waals surface area contributed by atoms with Crippen molar-refractivity contribution in [1.29, 1.82) is 0 Å². The van der Waals surface area contributed by atoms with Crippen molar-refractivity contribution in [3.8, 4) is 5.75 Å². The van der Waals surface area contributed by atoms with Gasteiger partial charge in [-0.05, 0) is 38.2 Å². The average molecular weight is 323 g/mol. The molecule has 5 nitrogen and oxygen atoms in total. The number of hydrogen-bond acceptors (Lipinski definition) is 4. The molecule has 0 saturated carbocycles. The van der Waals surface area contributed by atoms with Crippen LogP contribution in [0, 0.1) is 0 Å². The van der Waals surface area contributed by atoms with E-state index in [2.05, 4.69) is 14.9 Å². The molecule has 24 heavy (non-hydrogen) atoms. The maximum Gasteiger partial charge on any atom is 0.258 e. The number of fused-ring (bicyclic) bond motifs is 1. The Bertz CT molecular complexity index is 861. The van der Waals surface area contributed by atoms with Gasteiger partial charge in [-0.3, -0.25) is 9.69 Å². The summed E-state index contributed by atoms with van der Waals surface area (Å²) in [6.45, 7) is 3.32. The highest BCUT2D eigenvalue weighted by atomic mass is 16.5. The SMILES string of the molecule is C[C@@H](c1nc2ccccc2c(=O)[nH]1)N(C)CCOc1ccccc1. The Hall–Kier alpha value is -2.66. The molecule has 3 aromatic rings. The molecule has 0 spiro atoms. The van der Waals surface area contributed by atoms with E-state index in [0.717, 1.165) is 17.8 Å². The quantitative estimate of drug-likeness (QED) is 0.757. The first kappa shape index (κ1) is 16.2. The zero-order valence-electron chi connectivity index (χ0n) is 13.9. The fourth-order valence-electron chi connectivity index (χ4n) is 2.53. The molecule has 3 rings (SSSR count). The molecule has 0 saturated heterocycles. The number of likely N-dealkylation sites (N-methyl/N-ethyl adjacent to an activating group) is 1. The number of benzene rings is 2. The van der Waals surface area contributed by atoms with Gasteiger partial charge in [0.2, 0.25) is 0 Å². The van der Waals surface area contributed by atoms with Crippen LogP contribution in [0.3, 0.4) is 0 Å². The number of aromatic amines is 1. The highest BCUT2D eigenvalue weighted by Crippen LogP contribution is 2.16. The third-order valence-electron chi connectivity index (χ3n) is 4.14. The van der Waals surface area contributed by atoms with Crippen LogP contribution in [0.4, 0.5) is 0 Å². The average Bonchev–Trinajstić information content (AvgIpc) is 2.62. The van der Waals surface area contributed by atoms with E-state index in [9.17, 15) is 4.79 Å². The van der Waals surface area contributed by atoms with E-state index in [1.165, 1.54) is 0 Å². The zero-order valence-corrected chi connectivity index (χ0v) is 13.9. The van der Waals surface area contributed by atoms with Crippen molar-refractivity contribution in [1.82, 2.24) is 14.9 Å². The lowest BCUT2D eigenvalue weighted by Gasteiger charge is -2.24. The number of H-pyrrole nitrogens is 1. The molecule has 1 atom stereocenters. The Balaban J connectivity index is 1.67. The fourth-order valence-corrected chi connectivity index (χ4v) is 2.53. The van der Waals surface area contributed by atoms with Crippen LogP contribution in [0.5, 0.6) is 5.75 Å². The first-order valence-corrected chi connectivity index (χ1v) is 8.02. The van der Waals surface area contributed by atoms with Crippen molar-refractivity contribution in [3.05, 3.63) is 70.8 Å². The van der Waals surface area contributed by atoms with Gasteiger partial charge in [-0.15, -0.1) is 0 Å². The number of para-hydroxylation sites is 2. The van der Waals surface area contributed by atoms with Gasteiger partial charge >= 0.3 is 0 Å².